The lowest BCUT2D eigenvalue weighted by atomic mass is 10.00. The van der Waals surface area contributed by atoms with Crippen LogP contribution < -0.4 is 11.1 Å². The minimum absolute atomic E-state index is 0.203. The Morgan fingerprint density at radius 1 is 1.62 bits per heavy atom. The van der Waals surface area contributed by atoms with Crippen LogP contribution in [0.2, 0.25) is 0 Å². The first-order valence-corrected chi connectivity index (χ1v) is 5.95. The molecule has 0 aliphatic heterocycles. The van der Waals surface area contributed by atoms with Crippen LogP contribution >= 0.6 is 0 Å². The van der Waals surface area contributed by atoms with Crippen LogP contribution in [0.4, 0.5) is 0 Å². The van der Waals surface area contributed by atoms with Crippen LogP contribution in [0.25, 0.3) is 0 Å². The summed E-state index contributed by atoms with van der Waals surface area (Å²) in [5.74, 6) is 0.510. The SMILES string of the molecule is COCC(C)NC(N)=NCC1=CCCCC1. The maximum atomic E-state index is 5.78. The highest BCUT2D eigenvalue weighted by atomic mass is 16.5. The standard InChI is InChI=1S/C12H23N3O/c1-10(9-16-2)15-12(13)14-8-11-6-4-3-5-7-11/h6,10H,3-5,7-9H2,1-2H3,(H3,13,14,15). The lowest BCUT2D eigenvalue weighted by Crippen LogP contribution is -2.40. The summed E-state index contributed by atoms with van der Waals surface area (Å²) in [4.78, 5) is 4.33. The molecule has 0 aromatic heterocycles. The van der Waals surface area contributed by atoms with Crippen molar-refractivity contribution in [2.24, 2.45) is 10.7 Å². The van der Waals surface area contributed by atoms with Crippen LogP contribution in [-0.4, -0.2) is 32.3 Å². The second kappa shape index (κ2) is 7.28. The smallest absolute Gasteiger partial charge is 0.189 e. The number of nitrogens with zero attached hydrogens (tertiary/aromatic N) is 1. The average Bonchev–Trinajstić information content (AvgIpc) is 2.28. The van der Waals surface area contributed by atoms with Gasteiger partial charge in [0.15, 0.2) is 5.96 Å². The quantitative estimate of drug-likeness (QED) is 0.423. The zero-order valence-corrected chi connectivity index (χ0v) is 10.3. The summed E-state index contributed by atoms with van der Waals surface area (Å²) in [5, 5.41) is 3.10. The van der Waals surface area contributed by atoms with Crippen molar-refractivity contribution in [3.63, 3.8) is 0 Å². The first-order valence-electron chi connectivity index (χ1n) is 5.95. The third-order valence-corrected chi connectivity index (χ3v) is 2.65. The van der Waals surface area contributed by atoms with E-state index in [1.165, 1.54) is 31.3 Å². The third-order valence-electron chi connectivity index (χ3n) is 2.65. The molecule has 4 nitrogen and oxygen atoms in total. The fraction of sp³-hybridized carbons (Fsp3) is 0.750. The van der Waals surface area contributed by atoms with Gasteiger partial charge in [0.2, 0.25) is 0 Å². The molecule has 0 aromatic rings. The number of rotatable bonds is 5. The van der Waals surface area contributed by atoms with Crippen LogP contribution in [-0.2, 0) is 4.74 Å². The van der Waals surface area contributed by atoms with Gasteiger partial charge in [0.05, 0.1) is 13.2 Å². The molecule has 4 heteroatoms. The molecule has 0 amide bonds. The summed E-state index contributed by atoms with van der Waals surface area (Å²) in [7, 11) is 1.68. The highest BCUT2D eigenvalue weighted by molar-refractivity contribution is 5.78. The monoisotopic (exact) mass is 225 g/mol. The molecular formula is C12H23N3O. The Kier molecular flexibility index (Phi) is 5.93. The molecule has 0 saturated carbocycles. The first-order chi connectivity index (χ1) is 7.72. The van der Waals surface area contributed by atoms with Gasteiger partial charge in [0.25, 0.3) is 0 Å². The van der Waals surface area contributed by atoms with Crippen molar-refractivity contribution in [2.75, 3.05) is 20.3 Å². The topological polar surface area (TPSA) is 59.6 Å². The van der Waals surface area contributed by atoms with Crippen molar-refractivity contribution in [3.05, 3.63) is 11.6 Å². The second-order valence-corrected chi connectivity index (χ2v) is 4.31. The molecule has 1 aliphatic carbocycles. The third kappa shape index (κ3) is 5.16. The predicted octanol–water partition coefficient (Wildman–Crippen LogP) is 1.43. The summed E-state index contributed by atoms with van der Waals surface area (Å²) >= 11 is 0. The van der Waals surface area contributed by atoms with E-state index in [1.54, 1.807) is 7.11 Å². The average molecular weight is 225 g/mol. The van der Waals surface area contributed by atoms with Crippen molar-refractivity contribution < 1.29 is 4.74 Å². The van der Waals surface area contributed by atoms with Gasteiger partial charge in [0.1, 0.15) is 0 Å². The number of methoxy groups -OCH3 is 1. The van der Waals surface area contributed by atoms with Crippen LogP contribution in [0.5, 0.6) is 0 Å². The maximum Gasteiger partial charge on any atom is 0.189 e. The van der Waals surface area contributed by atoms with E-state index in [2.05, 4.69) is 16.4 Å². The number of guanidine groups is 1. The lowest BCUT2D eigenvalue weighted by Gasteiger charge is -2.14. The van der Waals surface area contributed by atoms with Gasteiger partial charge in [-0.3, -0.25) is 0 Å². The number of nitrogens with one attached hydrogen (secondary N) is 1. The maximum absolute atomic E-state index is 5.78. The van der Waals surface area contributed by atoms with Gasteiger partial charge in [-0.05, 0) is 32.6 Å². The van der Waals surface area contributed by atoms with E-state index in [4.69, 9.17) is 10.5 Å². The number of aliphatic imine (C=N–C) groups is 1. The summed E-state index contributed by atoms with van der Waals surface area (Å²) in [6.07, 6.45) is 7.25. The molecule has 0 saturated heterocycles. The van der Waals surface area contributed by atoms with Crippen molar-refractivity contribution in [2.45, 2.75) is 38.6 Å². The van der Waals surface area contributed by atoms with Crippen molar-refractivity contribution in [3.8, 4) is 0 Å². The highest BCUT2D eigenvalue weighted by Crippen LogP contribution is 2.16. The fourth-order valence-electron chi connectivity index (χ4n) is 1.82. The number of nitrogens with two attached hydrogens (primary N) is 1. The molecule has 92 valence electrons. The van der Waals surface area contributed by atoms with Gasteiger partial charge in [-0.1, -0.05) is 11.6 Å². The Hall–Kier alpha value is -1.03. The lowest BCUT2D eigenvalue weighted by molar-refractivity contribution is 0.179. The molecule has 0 bridgehead atoms. The molecule has 0 aromatic carbocycles. The zero-order chi connectivity index (χ0) is 11.8. The summed E-state index contributed by atoms with van der Waals surface area (Å²) in [6.45, 7) is 3.39. The largest absolute Gasteiger partial charge is 0.383 e. The van der Waals surface area contributed by atoms with Crippen LogP contribution in [0.1, 0.15) is 32.6 Å². The molecule has 16 heavy (non-hydrogen) atoms. The second-order valence-electron chi connectivity index (χ2n) is 4.31. The summed E-state index contributed by atoms with van der Waals surface area (Å²) in [5.41, 5.74) is 7.19. The van der Waals surface area contributed by atoms with E-state index in [-0.39, 0.29) is 6.04 Å². The summed E-state index contributed by atoms with van der Waals surface area (Å²) < 4.78 is 5.01. The first kappa shape index (κ1) is 13.0. The van der Waals surface area contributed by atoms with Gasteiger partial charge in [-0.15, -0.1) is 0 Å². The van der Waals surface area contributed by atoms with Gasteiger partial charge in [-0.2, -0.15) is 0 Å². The normalized spacial score (nSPS) is 19.1. The Morgan fingerprint density at radius 3 is 3.06 bits per heavy atom. The number of hydrogen-bond donors (Lipinski definition) is 2. The zero-order valence-electron chi connectivity index (χ0n) is 10.3. The van der Waals surface area contributed by atoms with Gasteiger partial charge in [-0.25, -0.2) is 4.99 Å². The van der Waals surface area contributed by atoms with Crippen molar-refractivity contribution in [1.29, 1.82) is 0 Å². The Bertz CT molecular complexity index is 261. The summed E-state index contributed by atoms with van der Waals surface area (Å²) in [6, 6.07) is 0.203. The van der Waals surface area contributed by atoms with Crippen molar-refractivity contribution in [1.82, 2.24) is 5.32 Å². The van der Waals surface area contributed by atoms with E-state index in [9.17, 15) is 0 Å². The van der Waals surface area contributed by atoms with E-state index < -0.39 is 0 Å². The minimum atomic E-state index is 0.203. The molecule has 1 unspecified atom stereocenters. The van der Waals surface area contributed by atoms with Crippen LogP contribution in [0.3, 0.4) is 0 Å². The Morgan fingerprint density at radius 2 is 2.44 bits per heavy atom. The predicted molar refractivity (Wildman–Crippen MR) is 67.5 cm³/mol. The Balaban J connectivity index is 2.29. The van der Waals surface area contributed by atoms with E-state index >= 15 is 0 Å². The van der Waals surface area contributed by atoms with E-state index in [0.29, 0.717) is 12.6 Å². The molecule has 1 rings (SSSR count). The molecule has 0 fully saturated rings. The molecular weight excluding hydrogens is 202 g/mol. The molecule has 1 atom stereocenters. The number of hydrogen-bond acceptors (Lipinski definition) is 2. The van der Waals surface area contributed by atoms with Crippen molar-refractivity contribution >= 4 is 5.96 Å². The van der Waals surface area contributed by atoms with E-state index in [0.717, 1.165) is 6.54 Å². The van der Waals surface area contributed by atoms with Crippen LogP contribution in [0.15, 0.2) is 16.6 Å². The molecule has 1 aliphatic rings. The van der Waals surface area contributed by atoms with Gasteiger partial charge in [0, 0.05) is 13.2 Å². The minimum Gasteiger partial charge on any atom is -0.383 e. The molecule has 3 N–H and O–H groups in total. The van der Waals surface area contributed by atoms with Gasteiger partial charge < -0.3 is 15.8 Å². The number of allylic oxidation sites excluding steroid dienone is 1. The number of ether oxygens (including phenoxy) is 1. The highest BCUT2D eigenvalue weighted by Gasteiger charge is 2.04. The molecule has 0 heterocycles. The van der Waals surface area contributed by atoms with E-state index in [1.807, 2.05) is 6.92 Å². The molecule has 0 spiro atoms. The fourth-order valence-corrected chi connectivity index (χ4v) is 1.82. The van der Waals surface area contributed by atoms with Crippen LogP contribution in [0, 0.1) is 0 Å². The van der Waals surface area contributed by atoms with Gasteiger partial charge >= 0.3 is 0 Å². The molecule has 0 radical (unpaired) electrons. The Labute approximate surface area is 98.0 Å².